The van der Waals surface area contributed by atoms with Crippen molar-refractivity contribution >= 4 is 15.1 Å². The average molecular weight is 152 g/mol. The van der Waals surface area contributed by atoms with Gasteiger partial charge in [-0.15, -0.1) is 0 Å². The van der Waals surface area contributed by atoms with Crippen molar-refractivity contribution in [3.63, 3.8) is 0 Å². The van der Waals surface area contributed by atoms with Crippen molar-refractivity contribution in [1.29, 1.82) is 0 Å². The normalized spacial score (nSPS) is 7.20. The smallest absolute Gasteiger partial charge is 0.452 e. The Hall–Kier alpha value is 0.905. The molecule has 0 aromatic rings. The van der Waals surface area contributed by atoms with E-state index in [-0.39, 0.29) is 37.7 Å². The zero-order valence-corrected chi connectivity index (χ0v) is 5.68. The standard InChI is InChI=1S/2BF3H.2Li/c2*2-1(3)4;;/h2*1H;;/q2*-1;2*+1. The molecule has 0 aliphatic heterocycles. The molecule has 0 amide bonds. The van der Waals surface area contributed by atoms with Gasteiger partial charge in [-0.25, -0.2) is 0 Å². The summed E-state index contributed by atoms with van der Waals surface area (Å²) in [6, 6.07) is 0. The minimum absolute atomic E-state index is 0. The minimum atomic E-state index is -4.25. The summed E-state index contributed by atoms with van der Waals surface area (Å²) >= 11 is 0. The van der Waals surface area contributed by atoms with Crippen LogP contribution >= 0.6 is 0 Å². The van der Waals surface area contributed by atoms with Crippen molar-refractivity contribution in [1.82, 2.24) is 0 Å². The van der Waals surface area contributed by atoms with Gasteiger partial charge in [0.25, 0.3) is 0 Å². The van der Waals surface area contributed by atoms with E-state index in [1.54, 1.807) is 0 Å². The Labute approximate surface area is 78.9 Å². The second-order valence-corrected chi connectivity index (χ2v) is 0.606. The molecule has 52 valence electrons. The van der Waals surface area contributed by atoms with E-state index in [1.165, 1.54) is 0 Å². The molecule has 0 aromatic heterocycles. The van der Waals surface area contributed by atoms with Crippen LogP contribution in [0.15, 0.2) is 0 Å². The SMILES string of the molecule is F[BH-](F)F.F[BH-](F)F.[Li+].[Li+]. The van der Waals surface area contributed by atoms with Crippen LogP contribution in [-0.2, 0) is 0 Å². The topological polar surface area (TPSA) is 0 Å². The van der Waals surface area contributed by atoms with Crippen LogP contribution in [0.3, 0.4) is 0 Å². The van der Waals surface area contributed by atoms with Gasteiger partial charge in [0.15, 0.2) is 0 Å². The summed E-state index contributed by atoms with van der Waals surface area (Å²) in [4.78, 5) is 0. The van der Waals surface area contributed by atoms with E-state index in [9.17, 15) is 25.9 Å². The van der Waals surface area contributed by atoms with Gasteiger partial charge in [0.2, 0.25) is 0 Å². The average Bonchev–Trinajstić information content (AvgIpc) is 1.25. The van der Waals surface area contributed by atoms with E-state index >= 15 is 0 Å². The van der Waals surface area contributed by atoms with Crippen molar-refractivity contribution in [3.05, 3.63) is 0 Å². The molecule has 0 spiro atoms. The second kappa shape index (κ2) is 16.5. The zero-order valence-electron chi connectivity index (χ0n) is 5.68. The molecule has 0 bridgehead atoms. The predicted octanol–water partition coefficient (Wildman–Crippen LogP) is -4.77. The first-order valence-electron chi connectivity index (χ1n) is 1.60. The van der Waals surface area contributed by atoms with E-state index in [1.807, 2.05) is 0 Å². The molecule has 0 N–H and O–H groups in total. The van der Waals surface area contributed by atoms with Crippen LogP contribution < -0.4 is 37.7 Å². The van der Waals surface area contributed by atoms with Crippen LogP contribution in [0.4, 0.5) is 25.9 Å². The largest absolute Gasteiger partial charge is 1.00 e. The molecule has 0 radical (unpaired) electrons. The van der Waals surface area contributed by atoms with E-state index in [0.717, 1.165) is 0 Å². The Morgan fingerprint density at radius 3 is 0.500 bits per heavy atom. The molecule has 0 aromatic carbocycles. The zero-order chi connectivity index (χ0) is 7.15. The Kier molecular flexibility index (Phi) is 37.0. The maximum atomic E-state index is 9.75. The molecule has 0 aliphatic carbocycles. The van der Waals surface area contributed by atoms with Gasteiger partial charge in [-0.1, -0.05) is 0 Å². The molecular formula is H2B2F6Li2. The van der Waals surface area contributed by atoms with Crippen LogP contribution in [0, 0.1) is 0 Å². The predicted molar refractivity (Wildman–Crippen MR) is 20.9 cm³/mol. The Bertz CT molecular complexity index is 29.2. The monoisotopic (exact) mass is 152 g/mol. The van der Waals surface area contributed by atoms with Gasteiger partial charge in [0.05, 0.1) is 0 Å². The number of hydrogen-bond acceptors (Lipinski definition) is 0. The third kappa shape index (κ3) is 680. The summed E-state index contributed by atoms with van der Waals surface area (Å²) in [6.07, 6.45) is 0. The second-order valence-electron chi connectivity index (χ2n) is 0.606. The fourth-order valence-electron chi connectivity index (χ4n) is 0. The molecule has 0 saturated heterocycles. The number of rotatable bonds is 0. The Morgan fingerprint density at radius 1 is 0.500 bits per heavy atom. The molecule has 0 atom stereocenters. The summed E-state index contributed by atoms with van der Waals surface area (Å²) in [7, 11) is -8.50. The van der Waals surface area contributed by atoms with Gasteiger partial charge in [-0.05, 0) is 0 Å². The molecular weight excluding hydrogens is 149 g/mol. The van der Waals surface area contributed by atoms with Crippen LogP contribution in [0.2, 0.25) is 0 Å². The first kappa shape index (κ1) is 22.4. The van der Waals surface area contributed by atoms with E-state index in [0.29, 0.717) is 0 Å². The minimum Gasteiger partial charge on any atom is -0.452 e. The third-order valence-corrected chi connectivity index (χ3v) is 0. The van der Waals surface area contributed by atoms with Crippen LogP contribution in [0.25, 0.3) is 0 Å². The Morgan fingerprint density at radius 2 is 0.500 bits per heavy atom. The summed E-state index contributed by atoms with van der Waals surface area (Å²) in [6.45, 7) is 0. The van der Waals surface area contributed by atoms with Gasteiger partial charge in [0.1, 0.15) is 0 Å². The number of halogens is 6. The van der Waals surface area contributed by atoms with Gasteiger partial charge < -0.3 is 25.9 Å². The van der Waals surface area contributed by atoms with Gasteiger partial charge in [0, 0.05) is 0 Å². The fourth-order valence-corrected chi connectivity index (χ4v) is 0. The van der Waals surface area contributed by atoms with Crippen LogP contribution in [-0.4, -0.2) is 15.1 Å². The summed E-state index contributed by atoms with van der Waals surface area (Å²) in [5, 5.41) is 0. The molecule has 0 unspecified atom stereocenters. The first-order valence-corrected chi connectivity index (χ1v) is 1.60. The summed E-state index contributed by atoms with van der Waals surface area (Å²) in [5.41, 5.74) is 0. The van der Waals surface area contributed by atoms with E-state index in [4.69, 9.17) is 0 Å². The van der Waals surface area contributed by atoms with Crippen molar-refractivity contribution in [3.8, 4) is 0 Å². The van der Waals surface area contributed by atoms with Gasteiger partial charge >= 0.3 is 52.8 Å². The quantitative estimate of drug-likeness (QED) is 0.241. The van der Waals surface area contributed by atoms with Gasteiger partial charge in [-0.3, -0.25) is 0 Å². The maximum Gasteiger partial charge on any atom is 1.00 e. The molecule has 0 rings (SSSR count). The molecule has 10 heavy (non-hydrogen) atoms. The third-order valence-electron chi connectivity index (χ3n) is 0. The molecule has 0 heterocycles. The van der Waals surface area contributed by atoms with E-state index < -0.39 is 15.1 Å². The molecule has 0 saturated carbocycles. The Balaban J connectivity index is -0.0000000300. The number of hydrogen-bond donors (Lipinski definition) is 0. The molecule has 0 aliphatic rings. The van der Waals surface area contributed by atoms with Crippen LogP contribution in [0.1, 0.15) is 0 Å². The summed E-state index contributed by atoms with van der Waals surface area (Å²) < 4.78 is 58.5. The van der Waals surface area contributed by atoms with Gasteiger partial charge in [-0.2, -0.15) is 0 Å². The fraction of sp³-hybridized carbons (Fsp3) is 0. The van der Waals surface area contributed by atoms with Crippen molar-refractivity contribution in [2.75, 3.05) is 0 Å². The van der Waals surface area contributed by atoms with Crippen molar-refractivity contribution in [2.24, 2.45) is 0 Å². The first-order chi connectivity index (χ1) is 3.46. The van der Waals surface area contributed by atoms with Crippen molar-refractivity contribution in [2.45, 2.75) is 0 Å². The van der Waals surface area contributed by atoms with E-state index in [2.05, 4.69) is 0 Å². The van der Waals surface area contributed by atoms with Crippen LogP contribution in [0.5, 0.6) is 0 Å². The summed E-state index contributed by atoms with van der Waals surface area (Å²) in [5.74, 6) is 0. The molecule has 0 nitrogen and oxygen atoms in total. The molecule has 10 heteroatoms. The maximum absolute atomic E-state index is 9.75. The van der Waals surface area contributed by atoms with Crippen molar-refractivity contribution < 1.29 is 63.6 Å². The molecule has 0 fully saturated rings.